The van der Waals surface area contributed by atoms with Gasteiger partial charge < -0.3 is 10.6 Å². The van der Waals surface area contributed by atoms with Crippen LogP contribution in [0.2, 0.25) is 0 Å². The van der Waals surface area contributed by atoms with Crippen LogP contribution in [0.3, 0.4) is 0 Å². The molecular formula is C18H21N3O3. The van der Waals surface area contributed by atoms with Crippen LogP contribution in [0.15, 0.2) is 30.3 Å². The molecule has 0 radical (unpaired) electrons. The Balaban J connectivity index is 2.10. The number of carbonyl (C=O) groups excluding carboxylic acids is 1. The number of amides is 1. The van der Waals surface area contributed by atoms with Gasteiger partial charge in [-0.3, -0.25) is 14.9 Å². The molecule has 24 heavy (non-hydrogen) atoms. The second kappa shape index (κ2) is 7.12. The summed E-state index contributed by atoms with van der Waals surface area (Å²) in [5.74, 6) is -0.332. The van der Waals surface area contributed by atoms with E-state index in [1.807, 2.05) is 39.0 Å². The number of nitro groups is 1. The highest BCUT2D eigenvalue weighted by Crippen LogP contribution is 2.27. The minimum atomic E-state index is -0.487. The lowest BCUT2D eigenvalue weighted by atomic mass is 10.1. The van der Waals surface area contributed by atoms with Gasteiger partial charge in [0.15, 0.2) is 0 Å². The number of hydrogen-bond donors (Lipinski definition) is 2. The number of rotatable bonds is 5. The third-order valence-corrected chi connectivity index (χ3v) is 3.90. The Morgan fingerprint density at radius 3 is 2.29 bits per heavy atom. The predicted molar refractivity (Wildman–Crippen MR) is 95.6 cm³/mol. The maximum Gasteiger partial charge on any atom is 0.293 e. The van der Waals surface area contributed by atoms with Crippen molar-refractivity contribution >= 4 is 23.0 Å². The zero-order valence-electron chi connectivity index (χ0n) is 14.3. The van der Waals surface area contributed by atoms with Crippen LogP contribution in [-0.4, -0.2) is 17.4 Å². The van der Waals surface area contributed by atoms with E-state index in [4.69, 9.17) is 0 Å². The van der Waals surface area contributed by atoms with Gasteiger partial charge >= 0.3 is 0 Å². The zero-order valence-corrected chi connectivity index (χ0v) is 14.3. The van der Waals surface area contributed by atoms with Gasteiger partial charge in [-0.25, -0.2) is 0 Å². The molecule has 0 aliphatic rings. The first-order valence-corrected chi connectivity index (χ1v) is 7.64. The molecule has 1 amide bonds. The molecule has 0 aliphatic carbocycles. The first-order valence-electron chi connectivity index (χ1n) is 7.64. The Kier molecular flexibility index (Phi) is 5.18. The molecule has 0 unspecified atom stereocenters. The van der Waals surface area contributed by atoms with E-state index in [1.54, 1.807) is 13.0 Å². The van der Waals surface area contributed by atoms with Gasteiger partial charge in [-0.2, -0.15) is 0 Å². The van der Waals surface area contributed by atoms with Gasteiger partial charge in [-0.1, -0.05) is 17.7 Å². The molecule has 0 atom stereocenters. The summed E-state index contributed by atoms with van der Waals surface area (Å²) in [7, 11) is 0. The quantitative estimate of drug-likeness (QED) is 0.645. The molecule has 0 fully saturated rings. The minimum absolute atomic E-state index is 0.0357. The van der Waals surface area contributed by atoms with Gasteiger partial charge in [0, 0.05) is 11.8 Å². The van der Waals surface area contributed by atoms with E-state index < -0.39 is 4.92 Å². The SMILES string of the molecule is Cc1ccc(NCC(=O)Nc2cc(C)c(C)cc2[N+](=O)[O-])c(C)c1. The van der Waals surface area contributed by atoms with Crippen LogP contribution in [0.5, 0.6) is 0 Å². The zero-order chi connectivity index (χ0) is 17.9. The molecule has 2 aromatic rings. The monoisotopic (exact) mass is 327 g/mol. The number of hydrogen-bond acceptors (Lipinski definition) is 4. The summed E-state index contributed by atoms with van der Waals surface area (Å²) < 4.78 is 0. The molecule has 0 saturated carbocycles. The number of aryl methyl sites for hydroxylation is 4. The summed E-state index contributed by atoms with van der Waals surface area (Å²) in [6.45, 7) is 7.65. The lowest BCUT2D eigenvalue weighted by Crippen LogP contribution is -2.22. The summed E-state index contributed by atoms with van der Waals surface area (Å²) in [5.41, 5.74) is 4.87. The van der Waals surface area contributed by atoms with Crippen LogP contribution in [0.25, 0.3) is 0 Å². The van der Waals surface area contributed by atoms with E-state index in [0.29, 0.717) is 0 Å². The van der Waals surface area contributed by atoms with Crippen LogP contribution < -0.4 is 10.6 Å². The Labute approximate surface area is 141 Å². The number of nitrogens with one attached hydrogen (secondary N) is 2. The Morgan fingerprint density at radius 2 is 1.67 bits per heavy atom. The number of anilines is 2. The topological polar surface area (TPSA) is 84.3 Å². The molecule has 6 nitrogen and oxygen atoms in total. The highest BCUT2D eigenvalue weighted by atomic mass is 16.6. The average Bonchev–Trinajstić information content (AvgIpc) is 2.49. The van der Waals surface area contributed by atoms with Crippen molar-refractivity contribution < 1.29 is 9.72 Å². The van der Waals surface area contributed by atoms with Crippen molar-refractivity contribution in [2.24, 2.45) is 0 Å². The van der Waals surface area contributed by atoms with Gasteiger partial charge in [-0.15, -0.1) is 0 Å². The Hall–Kier alpha value is -2.89. The van der Waals surface area contributed by atoms with Crippen molar-refractivity contribution in [2.45, 2.75) is 27.7 Å². The average molecular weight is 327 g/mol. The number of nitro benzene ring substituents is 1. The standard InChI is InChI=1S/C18H21N3O3/c1-11-5-6-15(14(4)7-11)19-10-18(22)20-16-8-12(2)13(3)9-17(16)21(23)24/h5-9,19H,10H2,1-4H3,(H,20,22). The summed E-state index contributed by atoms with van der Waals surface area (Å²) >= 11 is 0. The molecule has 0 aromatic heterocycles. The van der Waals surface area contributed by atoms with E-state index in [9.17, 15) is 14.9 Å². The number of nitrogens with zero attached hydrogens (tertiary/aromatic N) is 1. The van der Waals surface area contributed by atoms with Crippen molar-refractivity contribution in [3.63, 3.8) is 0 Å². The Morgan fingerprint density at radius 1 is 1.00 bits per heavy atom. The molecular weight excluding hydrogens is 306 g/mol. The third kappa shape index (κ3) is 4.10. The van der Waals surface area contributed by atoms with E-state index in [0.717, 1.165) is 27.9 Å². The van der Waals surface area contributed by atoms with Crippen LogP contribution >= 0.6 is 0 Å². The fraction of sp³-hybridized carbons (Fsp3) is 0.278. The molecule has 2 N–H and O–H groups in total. The molecule has 0 spiro atoms. The van der Waals surface area contributed by atoms with E-state index in [-0.39, 0.29) is 23.8 Å². The van der Waals surface area contributed by atoms with Gasteiger partial charge in [0.25, 0.3) is 5.69 Å². The van der Waals surface area contributed by atoms with Gasteiger partial charge in [-0.05, 0) is 56.5 Å². The van der Waals surface area contributed by atoms with Crippen molar-refractivity contribution in [1.29, 1.82) is 0 Å². The summed E-state index contributed by atoms with van der Waals surface area (Å²) in [5, 5.41) is 16.8. The van der Waals surface area contributed by atoms with E-state index >= 15 is 0 Å². The normalized spacial score (nSPS) is 10.3. The number of benzene rings is 2. The lowest BCUT2D eigenvalue weighted by molar-refractivity contribution is -0.384. The summed E-state index contributed by atoms with van der Waals surface area (Å²) in [6, 6.07) is 9.00. The van der Waals surface area contributed by atoms with Gasteiger partial charge in [0.05, 0.1) is 11.5 Å². The fourth-order valence-corrected chi connectivity index (χ4v) is 2.43. The lowest BCUT2D eigenvalue weighted by Gasteiger charge is -2.12. The molecule has 2 rings (SSSR count). The summed E-state index contributed by atoms with van der Waals surface area (Å²) in [4.78, 5) is 22.8. The summed E-state index contributed by atoms with van der Waals surface area (Å²) in [6.07, 6.45) is 0. The van der Waals surface area contributed by atoms with Crippen LogP contribution in [0.4, 0.5) is 17.1 Å². The van der Waals surface area contributed by atoms with Crippen molar-refractivity contribution in [3.8, 4) is 0 Å². The predicted octanol–water partition coefficient (Wildman–Crippen LogP) is 3.88. The second-order valence-electron chi connectivity index (χ2n) is 5.93. The van der Waals surface area contributed by atoms with Crippen LogP contribution in [-0.2, 0) is 4.79 Å². The molecule has 6 heteroatoms. The van der Waals surface area contributed by atoms with Crippen molar-refractivity contribution in [3.05, 3.63) is 62.7 Å². The highest BCUT2D eigenvalue weighted by Gasteiger charge is 2.17. The first kappa shape index (κ1) is 17.5. The van der Waals surface area contributed by atoms with E-state index in [2.05, 4.69) is 10.6 Å². The van der Waals surface area contributed by atoms with Crippen molar-refractivity contribution in [2.75, 3.05) is 17.2 Å². The van der Waals surface area contributed by atoms with Gasteiger partial charge in [0.1, 0.15) is 5.69 Å². The molecule has 0 aliphatic heterocycles. The third-order valence-electron chi connectivity index (χ3n) is 3.90. The fourth-order valence-electron chi connectivity index (χ4n) is 2.43. The number of carbonyl (C=O) groups is 1. The highest BCUT2D eigenvalue weighted by molar-refractivity contribution is 5.96. The molecule has 2 aromatic carbocycles. The molecule has 126 valence electrons. The Bertz CT molecular complexity index is 800. The van der Waals surface area contributed by atoms with Gasteiger partial charge in [0.2, 0.25) is 5.91 Å². The van der Waals surface area contributed by atoms with E-state index in [1.165, 1.54) is 6.07 Å². The maximum atomic E-state index is 12.1. The van der Waals surface area contributed by atoms with Crippen LogP contribution in [0, 0.1) is 37.8 Å². The molecule has 0 bridgehead atoms. The largest absolute Gasteiger partial charge is 0.376 e. The minimum Gasteiger partial charge on any atom is -0.376 e. The second-order valence-corrected chi connectivity index (χ2v) is 5.93. The van der Waals surface area contributed by atoms with Crippen LogP contribution in [0.1, 0.15) is 22.3 Å². The molecule has 0 heterocycles. The first-order chi connectivity index (χ1) is 11.3. The maximum absolute atomic E-state index is 12.1. The smallest absolute Gasteiger partial charge is 0.293 e. The van der Waals surface area contributed by atoms with Crippen molar-refractivity contribution in [1.82, 2.24) is 0 Å². The molecule has 0 saturated heterocycles.